The van der Waals surface area contributed by atoms with Gasteiger partial charge in [-0.1, -0.05) is 12.1 Å². The van der Waals surface area contributed by atoms with E-state index in [1.807, 2.05) is 0 Å². The van der Waals surface area contributed by atoms with E-state index in [0.29, 0.717) is 10.2 Å². The number of hydrogen-bond donors (Lipinski definition) is 1. The number of benzene rings is 1. The van der Waals surface area contributed by atoms with Crippen molar-refractivity contribution >= 4 is 37.6 Å². The zero-order valence-electron chi connectivity index (χ0n) is 12.6. The minimum atomic E-state index is -3.25. The van der Waals surface area contributed by atoms with Crippen LogP contribution in [0.2, 0.25) is 0 Å². The Morgan fingerprint density at radius 2 is 1.96 bits per heavy atom. The molecular formula is C15H13N3O4S2. The van der Waals surface area contributed by atoms with Crippen molar-refractivity contribution in [1.82, 2.24) is 14.3 Å². The first kappa shape index (κ1) is 16.3. The number of hydrogen-bond acceptors (Lipinski definition) is 6. The monoisotopic (exact) mass is 363 g/mol. The fourth-order valence-electron chi connectivity index (χ4n) is 2.10. The summed E-state index contributed by atoms with van der Waals surface area (Å²) in [6.45, 7) is 0.178. The average molecular weight is 363 g/mol. The van der Waals surface area contributed by atoms with Gasteiger partial charge in [-0.2, -0.15) is 3.96 Å². The Bertz CT molecular complexity index is 1070. The summed E-state index contributed by atoms with van der Waals surface area (Å²) < 4.78 is 23.8. The number of aromatic nitrogens is 2. The van der Waals surface area contributed by atoms with Crippen LogP contribution < -0.4 is 10.9 Å². The van der Waals surface area contributed by atoms with Crippen LogP contribution in [0.3, 0.4) is 0 Å². The highest BCUT2D eigenvalue weighted by atomic mass is 32.2. The predicted molar refractivity (Wildman–Crippen MR) is 91.1 cm³/mol. The van der Waals surface area contributed by atoms with E-state index >= 15 is 0 Å². The number of pyridine rings is 1. The summed E-state index contributed by atoms with van der Waals surface area (Å²) in [4.78, 5) is 29.1. The normalized spacial score (nSPS) is 11.5. The molecule has 2 heterocycles. The standard InChI is InChI=1S/C15H13N3O4S2/c1-24(21,22)11-6-4-10(5-7-11)9-17-15(20)18-14(19)12-3-2-8-16-13(12)23-18/h2-8H,9H2,1H3,(H,17,20). The van der Waals surface area contributed by atoms with Gasteiger partial charge in [0.05, 0.1) is 10.3 Å². The van der Waals surface area contributed by atoms with Crippen LogP contribution in [-0.2, 0) is 16.4 Å². The van der Waals surface area contributed by atoms with Crippen LogP contribution in [0.25, 0.3) is 10.2 Å². The first-order valence-corrected chi connectivity index (χ1v) is 9.57. The Labute approximate surface area is 141 Å². The molecule has 9 heteroatoms. The van der Waals surface area contributed by atoms with Gasteiger partial charge in [-0.15, -0.1) is 0 Å². The number of amides is 1. The van der Waals surface area contributed by atoms with Crippen molar-refractivity contribution < 1.29 is 13.2 Å². The third kappa shape index (κ3) is 3.22. The summed E-state index contributed by atoms with van der Waals surface area (Å²) >= 11 is 0.975. The van der Waals surface area contributed by atoms with Gasteiger partial charge in [0.25, 0.3) is 5.56 Å². The van der Waals surface area contributed by atoms with Crippen molar-refractivity contribution in [2.75, 3.05) is 6.26 Å². The van der Waals surface area contributed by atoms with E-state index in [1.165, 1.54) is 12.1 Å². The molecule has 0 bridgehead atoms. The molecule has 0 unspecified atom stereocenters. The van der Waals surface area contributed by atoms with Gasteiger partial charge in [0, 0.05) is 19.0 Å². The number of fused-ring (bicyclic) bond motifs is 1. The highest BCUT2D eigenvalue weighted by Crippen LogP contribution is 2.13. The van der Waals surface area contributed by atoms with Crippen LogP contribution in [0.5, 0.6) is 0 Å². The van der Waals surface area contributed by atoms with Crippen molar-refractivity contribution in [1.29, 1.82) is 0 Å². The molecule has 0 spiro atoms. The molecule has 124 valence electrons. The second kappa shape index (κ2) is 6.17. The summed E-state index contributed by atoms with van der Waals surface area (Å²) in [6.07, 6.45) is 2.69. The summed E-state index contributed by atoms with van der Waals surface area (Å²) in [7, 11) is -3.25. The molecule has 2 aromatic heterocycles. The Morgan fingerprint density at radius 1 is 1.25 bits per heavy atom. The molecule has 1 aromatic carbocycles. The molecule has 3 aromatic rings. The maximum atomic E-state index is 12.2. The van der Waals surface area contributed by atoms with Crippen LogP contribution in [0.1, 0.15) is 5.56 Å². The molecule has 3 rings (SSSR count). The zero-order chi connectivity index (χ0) is 17.3. The van der Waals surface area contributed by atoms with Crippen molar-refractivity contribution in [3.63, 3.8) is 0 Å². The fourth-order valence-corrected chi connectivity index (χ4v) is 3.60. The van der Waals surface area contributed by atoms with Crippen LogP contribution in [0.4, 0.5) is 4.79 Å². The van der Waals surface area contributed by atoms with Gasteiger partial charge in [0.1, 0.15) is 4.83 Å². The van der Waals surface area contributed by atoms with Gasteiger partial charge in [0.15, 0.2) is 9.84 Å². The zero-order valence-corrected chi connectivity index (χ0v) is 14.2. The molecule has 24 heavy (non-hydrogen) atoms. The lowest BCUT2D eigenvalue weighted by Crippen LogP contribution is -2.32. The molecule has 0 aliphatic carbocycles. The van der Waals surface area contributed by atoms with E-state index in [4.69, 9.17) is 0 Å². The van der Waals surface area contributed by atoms with Crippen molar-refractivity contribution in [2.45, 2.75) is 11.4 Å². The largest absolute Gasteiger partial charge is 0.338 e. The minimum Gasteiger partial charge on any atom is -0.333 e. The molecule has 7 nitrogen and oxygen atoms in total. The maximum Gasteiger partial charge on any atom is 0.338 e. The Kier molecular flexibility index (Phi) is 4.20. The number of carbonyl (C=O) groups is 1. The van der Waals surface area contributed by atoms with Crippen molar-refractivity contribution in [3.05, 3.63) is 58.5 Å². The molecule has 0 aliphatic heterocycles. The number of nitrogens with zero attached hydrogens (tertiary/aromatic N) is 2. The molecule has 0 radical (unpaired) electrons. The molecular weight excluding hydrogens is 350 g/mol. The van der Waals surface area contributed by atoms with E-state index in [0.717, 1.165) is 27.3 Å². The summed E-state index contributed by atoms with van der Waals surface area (Å²) in [5.41, 5.74) is 0.316. The van der Waals surface area contributed by atoms with Gasteiger partial charge in [0.2, 0.25) is 0 Å². The van der Waals surface area contributed by atoms with Crippen molar-refractivity contribution in [2.24, 2.45) is 0 Å². The highest BCUT2D eigenvalue weighted by molar-refractivity contribution is 7.90. The lowest BCUT2D eigenvalue weighted by molar-refractivity contribution is 0.243. The maximum absolute atomic E-state index is 12.2. The second-order valence-corrected chi connectivity index (χ2v) is 8.07. The lowest BCUT2D eigenvalue weighted by atomic mass is 10.2. The molecule has 1 N–H and O–H groups in total. The molecule has 0 aliphatic rings. The average Bonchev–Trinajstić information content (AvgIpc) is 2.90. The van der Waals surface area contributed by atoms with Gasteiger partial charge < -0.3 is 5.32 Å². The topological polar surface area (TPSA) is 98.1 Å². The number of carbonyl (C=O) groups excluding carboxylic acids is 1. The van der Waals surface area contributed by atoms with Crippen LogP contribution in [-0.4, -0.2) is 29.6 Å². The SMILES string of the molecule is CS(=O)(=O)c1ccc(CNC(=O)n2sc3ncccc3c2=O)cc1. The van der Waals surface area contributed by atoms with Crippen LogP contribution >= 0.6 is 11.5 Å². The Morgan fingerprint density at radius 3 is 2.58 bits per heavy atom. The number of rotatable bonds is 3. The van der Waals surface area contributed by atoms with Gasteiger partial charge in [-0.25, -0.2) is 18.2 Å². The third-order valence-electron chi connectivity index (χ3n) is 3.34. The molecule has 0 fully saturated rings. The van der Waals surface area contributed by atoms with Gasteiger partial charge in [-0.3, -0.25) is 4.79 Å². The first-order valence-electron chi connectivity index (χ1n) is 6.90. The molecule has 0 atom stereocenters. The van der Waals surface area contributed by atoms with Crippen LogP contribution in [0, 0.1) is 0 Å². The molecule has 1 amide bonds. The third-order valence-corrected chi connectivity index (χ3v) is 5.48. The summed E-state index contributed by atoms with van der Waals surface area (Å²) in [6, 6.07) is 8.91. The van der Waals surface area contributed by atoms with E-state index in [2.05, 4.69) is 10.3 Å². The number of sulfone groups is 1. The fraction of sp³-hybridized carbons (Fsp3) is 0.133. The smallest absolute Gasteiger partial charge is 0.333 e. The van der Waals surface area contributed by atoms with Gasteiger partial charge >= 0.3 is 6.03 Å². The molecule has 0 saturated carbocycles. The predicted octanol–water partition coefficient (Wildman–Crippen LogP) is 1.62. The van der Waals surface area contributed by atoms with E-state index in [-0.39, 0.29) is 11.4 Å². The number of nitrogens with one attached hydrogen (secondary N) is 1. The minimum absolute atomic E-state index is 0.178. The van der Waals surface area contributed by atoms with Gasteiger partial charge in [-0.05, 0) is 41.4 Å². The lowest BCUT2D eigenvalue weighted by Gasteiger charge is -2.05. The van der Waals surface area contributed by atoms with E-state index in [1.54, 1.807) is 30.5 Å². The second-order valence-electron chi connectivity index (χ2n) is 5.12. The highest BCUT2D eigenvalue weighted by Gasteiger charge is 2.14. The van der Waals surface area contributed by atoms with Crippen LogP contribution in [0.15, 0.2) is 52.3 Å². The Balaban J connectivity index is 1.75. The quantitative estimate of drug-likeness (QED) is 0.762. The van der Waals surface area contributed by atoms with E-state index in [9.17, 15) is 18.0 Å². The van der Waals surface area contributed by atoms with Crippen molar-refractivity contribution in [3.8, 4) is 0 Å². The summed E-state index contributed by atoms with van der Waals surface area (Å²) in [5.74, 6) is 0. The Hall–Kier alpha value is -2.52. The van der Waals surface area contributed by atoms with E-state index < -0.39 is 21.4 Å². The first-order chi connectivity index (χ1) is 11.4. The summed E-state index contributed by atoms with van der Waals surface area (Å²) in [5, 5.41) is 3.03. The molecule has 0 saturated heterocycles.